The zero-order chi connectivity index (χ0) is 8.85. The molecule has 2 N–H and O–H groups in total. The van der Waals surface area contributed by atoms with Crippen LogP contribution in [0.15, 0.2) is 0 Å². The zero-order valence-electron chi connectivity index (χ0n) is 6.27. The van der Waals surface area contributed by atoms with E-state index in [0.29, 0.717) is 5.75 Å². The molecule has 5 nitrogen and oxygen atoms in total. The summed E-state index contributed by atoms with van der Waals surface area (Å²) in [6, 6.07) is 0. The maximum atomic E-state index is 10.6. The average Bonchev–Trinajstić information content (AvgIpc) is 1.99. The van der Waals surface area contributed by atoms with Crippen molar-refractivity contribution in [1.29, 1.82) is 0 Å². The van der Waals surface area contributed by atoms with Gasteiger partial charge in [0.2, 0.25) is 0 Å². The van der Waals surface area contributed by atoms with Crippen LogP contribution >= 0.6 is 0 Å². The normalized spacial score (nSPS) is 19.2. The van der Waals surface area contributed by atoms with Crippen LogP contribution in [0.25, 0.3) is 0 Å². The Balaban J connectivity index is 3.54. The molecule has 0 aromatic carbocycles. The first-order chi connectivity index (χ1) is 5.07. The van der Waals surface area contributed by atoms with E-state index in [1.807, 2.05) is 0 Å². The van der Waals surface area contributed by atoms with Crippen molar-refractivity contribution in [2.24, 2.45) is 0 Å². The zero-order valence-corrected chi connectivity index (χ0v) is 7.91. The molecule has 0 aromatic heterocycles. The predicted molar refractivity (Wildman–Crippen MR) is 43.1 cm³/mol. The van der Waals surface area contributed by atoms with Crippen LogP contribution < -0.4 is 5.48 Å². The second-order valence-corrected chi connectivity index (χ2v) is 4.32. The standard InChI is InChI=1S/C4H11NO4S2/c1-3-10(6)9-5-4(2)11(7)8/h4-5H,3H2,1-2H3,(H,7,8). The number of rotatable bonds is 5. The lowest BCUT2D eigenvalue weighted by Gasteiger charge is -2.07. The van der Waals surface area contributed by atoms with Gasteiger partial charge in [0.05, 0.1) is 0 Å². The summed E-state index contributed by atoms with van der Waals surface area (Å²) < 4.78 is 33.8. The summed E-state index contributed by atoms with van der Waals surface area (Å²) in [5.41, 5.74) is 2.18. The Kier molecular flexibility index (Phi) is 5.88. The van der Waals surface area contributed by atoms with Crippen molar-refractivity contribution in [2.45, 2.75) is 19.2 Å². The number of nitrogens with one attached hydrogen (secondary N) is 1. The molecule has 0 radical (unpaired) electrons. The molecule has 0 aliphatic heterocycles. The Morgan fingerprint density at radius 2 is 2.18 bits per heavy atom. The van der Waals surface area contributed by atoms with E-state index >= 15 is 0 Å². The minimum atomic E-state index is -2.00. The molecule has 68 valence electrons. The van der Waals surface area contributed by atoms with Gasteiger partial charge in [-0.2, -0.15) is 9.76 Å². The van der Waals surface area contributed by atoms with Gasteiger partial charge in [0.25, 0.3) is 0 Å². The van der Waals surface area contributed by atoms with Gasteiger partial charge in [0.15, 0.2) is 22.2 Å². The maximum absolute atomic E-state index is 10.6. The summed E-state index contributed by atoms with van der Waals surface area (Å²) in [7, 11) is 0. The molecule has 3 unspecified atom stereocenters. The van der Waals surface area contributed by atoms with Crippen LogP contribution in [-0.4, -0.2) is 24.1 Å². The largest absolute Gasteiger partial charge is 0.305 e. The third kappa shape index (κ3) is 5.45. The van der Waals surface area contributed by atoms with Crippen molar-refractivity contribution in [3.8, 4) is 0 Å². The third-order valence-electron chi connectivity index (χ3n) is 0.845. The highest BCUT2D eigenvalue weighted by Crippen LogP contribution is 1.88. The fraction of sp³-hybridized carbons (Fsp3) is 1.00. The van der Waals surface area contributed by atoms with E-state index in [-0.39, 0.29) is 0 Å². The molecule has 0 aliphatic carbocycles. The monoisotopic (exact) mass is 201 g/mol. The van der Waals surface area contributed by atoms with Crippen molar-refractivity contribution >= 4 is 22.2 Å². The van der Waals surface area contributed by atoms with Gasteiger partial charge >= 0.3 is 0 Å². The lowest BCUT2D eigenvalue weighted by molar-refractivity contribution is 0.212. The van der Waals surface area contributed by atoms with Crippen LogP contribution in [0.5, 0.6) is 0 Å². The van der Waals surface area contributed by atoms with Gasteiger partial charge in [-0.05, 0) is 6.92 Å². The summed E-state index contributed by atoms with van der Waals surface area (Å²) in [6.45, 7) is 3.13. The van der Waals surface area contributed by atoms with Crippen LogP contribution in [0, 0.1) is 0 Å². The van der Waals surface area contributed by atoms with Gasteiger partial charge in [-0.1, -0.05) is 6.92 Å². The van der Waals surface area contributed by atoms with Gasteiger partial charge < -0.3 is 4.55 Å². The quantitative estimate of drug-likeness (QED) is 0.474. The Morgan fingerprint density at radius 3 is 2.55 bits per heavy atom. The second kappa shape index (κ2) is 5.78. The molecule has 0 fully saturated rings. The highest BCUT2D eigenvalue weighted by molar-refractivity contribution is 7.80. The van der Waals surface area contributed by atoms with E-state index in [1.165, 1.54) is 6.92 Å². The van der Waals surface area contributed by atoms with Crippen LogP contribution in [0.1, 0.15) is 13.8 Å². The molecule has 7 heteroatoms. The van der Waals surface area contributed by atoms with Crippen molar-refractivity contribution in [3.05, 3.63) is 0 Å². The van der Waals surface area contributed by atoms with Gasteiger partial charge in [-0.25, -0.2) is 8.42 Å². The minimum absolute atomic E-state index is 0.345. The van der Waals surface area contributed by atoms with Crippen LogP contribution in [0.3, 0.4) is 0 Å². The number of hydroxylamine groups is 1. The van der Waals surface area contributed by atoms with Gasteiger partial charge in [-0.15, -0.1) is 0 Å². The van der Waals surface area contributed by atoms with Crippen molar-refractivity contribution in [2.75, 3.05) is 5.75 Å². The maximum Gasteiger partial charge on any atom is 0.172 e. The fourth-order valence-corrected chi connectivity index (χ4v) is 0.782. The minimum Gasteiger partial charge on any atom is -0.305 e. The molecule has 0 spiro atoms. The smallest absolute Gasteiger partial charge is 0.172 e. The van der Waals surface area contributed by atoms with Crippen LogP contribution in [-0.2, 0) is 26.4 Å². The molecule has 0 amide bonds. The number of hydrogen-bond acceptors (Lipinski definition) is 4. The lowest BCUT2D eigenvalue weighted by atomic mass is 10.8. The SMILES string of the molecule is CCS(=O)ONC(C)S(=O)O. The van der Waals surface area contributed by atoms with Crippen LogP contribution in [0.2, 0.25) is 0 Å². The molecule has 11 heavy (non-hydrogen) atoms. The Hall–Kier alpha value is 0.180. The summed E-state index contributed by atoms with van der Waals surface area (Å²) in [6.07, 6.45) is 0. The van der Waals surface area contributed by atoms with Gasteiger partial charge in [0, 0.05) is 5.75 Å². The second-order valence-electron chi connectivity index (χ2n) is 1.71. The lowest BCUT2D eigenvalue weighted by Crippen LogP contribution is -2.31. The Labute approximate surface area is 70.4 Å². The third-order valence-corrected chi connectivity index (χ3v) is 2.30. The van der Waals surface area contributed by atoms with Gasteiger partial charge in [-0.3, -0.25) is 0 Å². The van der Waals surface area contributed by atoms with E-state index in [4.69, 9.17) is 4.55 Å². The number of hydrogen-bond donors (Lipinski definition) is 2. The van der Waals surface area contributed by atoms with E-state index in [1.54, 1.807) is 6.92 Å². The molecule has 0 saturated carbocycles. The fourth-order valence-electron chi connectivity index (χ4n) is 0.222. The molecule has 0 aromatic rings. The average molecular weight is 201 g/mol. The summed E-state index contributed by atoms with van der Waals surface area (Å²) in [5.74, 6) is 0.345. The van der Waals surface area contributed by atoms with Crippen molar-refractivity contribution in [1.82, 2.24) is 5.48 Å². The highest BCUT2D eigenvalue weighted by atomic mass is 32.2. The predicted octanol–water partition coefficient (Wildman–Crippen LogP) is -0.241. The summed E-state index contributed by atoms with van der Waals surface area (Å²) in [4.78, 5) is 0. The first kappa shape index (κ1) is 11.2. The van der Waals surface area contributed by atoms with Crippen LogP contribution in [0.4, 0.5) is 0 Å². The molecule has 0 saturated heterocycles. The summed E-state index contributed by atoms with van der Waals surface area (Å²) >= 11 is -3.42. The molecular formula is C4H11NO4S2. The first-order valence-corrected chi connectivity index (χ1v) is 5.40. The molecule has 0 rings (SSSR count). The Bertz CT molecular complexity index is 162. The molecule has 0 aliphatic rings. The van der Waals surface area contributed by atoms with E-state index < -0.39 is 27.5 Å². The van der Waals surface area contributed by atoms with Crippen molar-refractivity contribution in [3.63, 3.8) is 0 Å². The van der Waals surface area contributed by atoms with Crippen molar-refractivity contribution < 1.29 is 17.3 Å². The van der Waals surface area contributed by atoms with E-state index in [9.17, 15) is 8.42 Å². The van der Waals surface area contributed by atoms with Gasteiger partial charge in [0.1, 0.15) is 5.37 Å². The summed E-state index contributed by atoms with van der Waals surface area (Å²) in [5, 5.41) is -0.731. The topological polar surface area (TPSA) is 75.6 Å². The van der Waals surface area contributed by atoms with E-state index in [0.717, 1.165) is 0 Å². The first-order valence-electron chi connectivity index (χ1n) is 2.98. The molecule has 0 heterocycles. The Morgan fingerprint density at radius 1 is 1.64 bits per heavy atom. The molecular weight excluding hydrogens is 190 g/mol. The molecule has 0 bridgehead atoms. The molecule has 3 atom stereocenters. The van der Waals surface area contributed by atoms with E-state index in [2.05, 4.69) is 9.76 Å². The highest BCUT2D eigenvalue weighted by Gasteiger charge is 2.08.